The Bertz CT molecular complexity index is 667. The first-order chi connectivity index (χ1) is 14.8. The van der Waals surface area contributed by atoms with Crippen LogP contribution in [0.15, 0.2) is 36.4 Å². The molecule has 0 N–H and O–H groups in total. The number of hydrogen-bond donors (Lipinski definition) is 0. The summed E-state index contributed by atoms with van der Waals surface area (Å²) in [6, 6.07) is 8.87. The van der Waals surface area contributed by atoms with Crippen molar-refractivity contribution in [2.24, 2.45) is 23.7 Å². The molecule has 30 heavy (non-hydrogen) atoms. The molecule has 0 spiro atoms. The Morgan fingerprint density at radius 1 is 0.800 bits per heavy atom. The zero-order valence-corrected chi connectivity index (χ0v) is 19.7. The van der Waals surface area contributed by atoms with Crippen molar-refractivity contribution in [2.45, 2.75) is 104 Å². The monoisotopic (exact) mass is 404 g/mol. The molecule has 3 rings (SSSR count). The number of hydrogen-bond acceptors (Lipinski definition) is 0. The van der Waals surface area contributed by atoms with E-state index in [0.717, 1.165) is 29.2 Å². The molecule has 0 bridgehead atoms. The molecule has 0 heterocycles. The van der Waals surface area contributed by atoms with E-state index in [2.05, 4.69) is 62.1 Å². The van der Waals surface area contributed by atoms with Crippen LogP contribution in [0.5, 0.6) is 0 Å². The van der Waals surface area contributed by atoms with Gasteiger partial charge in [0.1, 0.15) is 0 Å². The Balaban J connectivity index is 1.36. The maximum absolute atomic E-state index is 3.32. The summed E-state index contributed by atoms with van der Waals surface area (Å²) in [5.41, 5.74) is 2.58. The van der Waals surface area contributed by atoms with Crippen LogP contribution in [0.25, 0.3) is 0 Å². The summed E-state index contributed by atoms with van der Waals surface area (Å²) in [6.07, 6.45) is 24.2. The molecule has 0 saturated heterocycles. The van der Waals surface area contributed by atoms with Gasteiger partial charge in [0.2, 0.25) is 0 Å². The second-order valence-corrected chi connectivity index (χ2v) is 10.0. The lowest BCUT2D eigenvalue weighted by atomic mass is 9.69. The smallest absolute Gasteiger partial charge is 0.0249 e. The molecule has 2 fully saturated rings. The van der Waals surface area contributed by atoms with Crippen molar-refractivity contribution in [2.75, 3.05) is 0 Å². The minimum absolute atomic E-state index is 0.757. The van der Waals surface area contributed by atoms with E-state index in [1.165, 1.54) is 95.5 Å². The molecular formula is C30H44. The second kappa shape index (κ2) is 13.0. The van der Waals surface area contributed by atoms with E-state index in [0.29, 0.717) is 0 Å². The van der Waals surface area contributed by atoms with E-state index in [-0.39, 0.29) is 0 Å². The van der Waals surface area contributed by atoms with Gasteiger partial charge in [-0.3, -0.25) is 0 Å². The number of benzene rings is 1. The van der Waals surface area contributed by atoms with Crippen molar-refractivity contribution in [3.05, 3.63) is 47.5 Å². The van der Waals surface area contributed by atoms with Crippen molar-refractivity contribution >= 4 is 0 Å². The van der Waals surface area contributed by atoms with Gasteiger partial charge in [-0.2, -0.15) is 0 Å². The van der Waals surface area contributed by atoms with Gasteiger partial charge in [-0.15, -0.1) is 0 Å². The summed E-state index contributed by atoms with van der Waals surface area (Å²) < 4.78 is 0. The topological polar surface area (TPSA) is 0 Å². The average Bonchev–Trinajstić information content (AvgIpc) is 2.79. The van der Waals surface area contributed by atoms with Crippen LogP contribution in [-0.4, -0.2) is 0 Å². The van der Waals surface area contributed by atoms with Crippen molar-refractivity contribution < 1.29 is 0 Å². The van der Waals surface area contributed by atoms with E-state index in [1.807, 2.05) is 0 Å². The lowest BCUT2D eigenvalue weighted by Gasteiger charge is -2.37. The Morgan fingerprint density at radius 3 is 2.10 bits per heavy atom. The first-order valence-corrected chi connectivity index (χ1v) is 13.1. The van der Waals surface area contributed by atoms with Gasteiger partial charge < -0.3 is 0 Å². The molecule has 1 aromatic rings. The predicted octanol–water partition coefficient (Wildman–Crippen LogP) is 8.74. The number of aryl methyl sites for hydroxylation is 1. The standard InChI is InChI=1S/C30H44/c1-3-5-6-10-26-13-15-27(16-14-26)11-7-8-12-28-19-23-30(24-20-28)29-21-17-25(9-4-2)18-22-29/h8,12-16,25,28-30H,3-6,9-10,17-24H2,1-2H3/b12-8+/t25-,28?,29-,30?. The highest BCUT2D eigenvalue weighted by Gasteiger charge is 2.29. The van der Waals surface area contributed by atoms with Crippen molar-refractivity contribution in [3.63, 3.8) is 0 Å². The quantitative estimate of drug-likeness (QED) is 0.300. The van der Waals surface area contributed by atoms with Crippen LogP contribution >= 0.6 is 0 Å². The molecule has 0 nitrogen and oxygen atoms in total. The maximum atomic E-state index is 3.32. The largest absolute Gasteiger partial charge is 0.0730 e. The molecule has 1 aromatic carbocycles. The van der Waals surface area contributed by atoms with Crippen LogP contribution in [0.3, 0.4) is 0 Å². The van der Waals surface area contributed by atoms with Gasteiger partial charge >= 0.3 is 0 Å². The molecule has 2 saturated carbocycles. The van der Waals surface area contributed by atoms with Gasteiger partial charge in [-0.1, -0.05) is 82.4 Å². The molecule has 0 unspecified atom stereocenters. The van der Waals surface area contributed by atoms with Crippen LogP contribution in [0, 0.1) is 35.5 Å². The Morgan fingerprint density at radius 2 is 1.47 bits per heavy atom. The van der Waals surface area contributed by atoms with Gasteiger partial charge in [0.15, 0.2) is 0 Å². The second-order valence-electron chi connectivity index (χ2n) is 10.0. The first kappa shape index (κ1) is 23.2. The van der Waals surface area contributed by atoms with Crippen molar-refractivity contribution in [1.29, 1.82) is 0 Å². The van der Waals surface area contributed by atoms with Gasteiger partial charge in [-0.05, 0) is 98.8 Å². The molecule has 2 aliphatic rings. The lowest BCUT2D eigenvalue weighted by Crippen LogP contribution is -2.25. The Labute approximate surface area is 186 Å². The summed E-state index contributed by atoms with van der Waals surface area (Å²) in [6.45, 7) is 4.60. The number of allylic oxidation sites excluding steroid dienone is 2. The number of rotatable bonds is 8. The third-order valence-electron chi connectivity index (χ3n) is 7.76. The third-order valence-corrected chi connectivity index (χ3v) is 7.76. The fourth-order valence-electron chi connectivity index (χ4n) is 5.81. The molecule has 0 radical (unpaired) electrons. The molecule has 0 aromatic heterocycles. The fraction of sp³-hybridized carbons (Fsp3) is 0.667. The van der Waals surface area contributed by atoms with E-state index in [1.54, 1.807) is 0 Å². The summed E-state index contributed by atoms with van der Waals surface area (Å²) in [7, 11) is 0. The van der Waals surface area contributed by atoms with Gasteiger partial charge in [0, 0.05) is 5.56 Å². The summed E-state index contributed by atoms with van der Waals surface area (Å²) >= 11 is 0. The zero-order chi connectivity index (χ0) is 21.0. The van der Waals surface area contributed by atoms with E-state index in [4.69, 9.17) is 0 Å². The van der Waals surface area contributed by atoms with Crippen LogP contribution < -0.4 is 0 Å². The third kappa shape index (κ3) is 7.65. The van der Waals surface area contributed by atoms with Gasteiger partial charge in [0.25, 0.3) is 0 Å². The Kier molecular flexibility index (Phi) is 10.1. The lowest BCUT2D eigenvalue weighted by molar-refractivity contribution is 0.152. The highest BCUT2D eigenvalue weighted by molar-refractivity contribution is 5.38. The molecule has 164 valence electrons. The highest BCUT2D eigenvalue weighted by Crippen LogP contribution is 2.42. The molecule has 0 amide bonds. The predicted molar refractivity (Wildman–Crippen MR) is 131 cm³/mol. The summed E-state index contributed by atoms with van der Waals surface area (Å²) in [4.78, 5) is 0. The molecule has 0 atom stereocenters. The summed E-state index contributed by atoms with van der Waals surface area (Å²) in [5.74, 6) is 10.4. The van der Waals surface area contributed by atoms with Crippen molar-refractivity contribution in [3.8, 4) is 11.8 Å². The summed E-state index contributed by atoms with van der Waals surface area (Å²) in [5, 5.41) is 0. The fourth-order valence-corrected chi connectivity index (χ4v) is 5.81. The SMILES string of the molecule is CCCCCc1ccc(C#C/C=C/C2CCC([C@H]3CC[C@H](CCC)CC3)CC2)cc1. The first-order valence-electron chi connectivity index (χ1n) is 13.1. The molecule has 0 heteroatoms. The van der Waals surface area contributed by atoms with E-state index in [9.17, 15) is 0 Å². The average molecular weight is 405 g/mol. The van der Waals surface area contributed by atoms with E-state index >= 15 is 0 Å². The van der Waals surface area contributed by atoms with E-state index < -0.39 is 0 Å². The van der Waals surface area contributed by atoms with Gasteiger partial charge in [-0.25, -0.2) is 0 Å². The zero-order valence-electron chi connectivity index (χ0n) is 19.7. The van der Waals surface area contributed by atoms with Crippen LogP contribution in [-0.2, 0) is 6.42 Å². The number of unbranched alkanes of at least 4 members (excludes halogenated alkanes) is 2. The van der Waals surface area contributed by atoms with Crippen molar-refractivity contribution in [1.82, 2.24) is 0 Å². The minimum Gasteiger partial charge on any atom is -0.0730 e. The minimum atomic E-state index is 0.757. The molecule has 2 aliphatic carbocycles. The van der Waals surface area contributed by atoms with Crippen LogP contribution in [0.1, 0.15) is 108 Å². The van der Waals surface area contributed by atoms with Crippen LogP contribution in [0.2, 0.25) is 0 Å². The molecule has 0 aliphatic heterocycles. The van der Waals surface area contributed by atoms with Crippen LogP contribution in [0.4, 0.5) is 0 Å². The molecular weight excluding hydrogens is 360 g/mol. The Hall–Kier alpha value is -1.48. The van der Waals surface area contributed by atoms with Gasteiger partial charge in [0.05, 0.1) is 0 Å². The highest BCUT2D eigenvalue weighted by atomic mass is 14.3. The normalized spacial score (nSPS) is 27.0. The maximum Gasteiger partial charge on any atom is 0.0249 e.